The molecule has 1 unspecified atom stereocenters. The molecule has 0 radical (unpaired) electrons. The first-order chi connectivity index (χ1) is 17.0. The SMILES string of the molecule is CC12CC(c3cn4cc(C(=O)Nc5cccn(C(F)F)c5=O)c(OC5CCC5(C)C)cc4n3)(CO1)C2. The third-order valence-corrected chi connectivity index (χ3v) is 8.09. The van der Waals surface area contributed by atoms with E-state index in [1.54, 1.807) is 16.7 Å². The van der Waals surface area contributed by atoms with Crippen molar-refractivity contribution < 1.29 is 23.0 Å². The number of nitrogens with one attached hydrogen (secondary N) is 1. The van der Waals surface area contributed by atoms with E-state index in [0.717, 1.165) is 37.6 Å². The van der Waals surface area contributed by atoms with Crippen LogP contribution in [-0.4, -0.2) is 38.2 Å². The Hall–Kier alpha value is -3.27. The molecule has 2 aliphatic carbocycles. The molecule has 0 spiro atoms. The molecule has 0 aromatic carbocycles. The average molecular weight is 499 g/mol. The number of hydrogen-bond acceptors (Lipinski definition) is 5. The summed E-state index contributed by atoms with van der Waals surface area (Å²) in [6, 6.07) is 4.33. The zero-order valence-electron chi connectivity index (χ0n) is 20.4. The summed E-state index contributed by atoms with van der Waals surface area (Å²) in [4.78, 5) is 30.6. The van der Waals surface area contributed by atoms with Gasteiger partial charge in [-0.2, -0.15) is 8.78 Å². The standard InChI is InChI=1S/C26H28F2N4O4/c1-24(2)7-6-19(24)36-17-9-20-30-18(26-12-25(3,13-26)35-14-26)11-31(20)10-15(17)21(33)29-16-5-4-8-32(22(16)34)23(27)28/h4-5,8-11,19,23H,6-7,12-14H2,1-3H3,(H,29,33). The first-order valence-corrected chi connectivity index (χ1v) is 12.1. The van der Waals surface area contributed by atoms with Gasteiger partial charge in [-0.3, -0.25) is 14.2 Å². The summed E-state index contributed by atoms with van der Waals surface area (Å²) >= 11 is 0. The number of pyridine rings is 2. The second-order valence-corrected chi connectivity index (χ2v) is 11.3. The molecule has 8 nitrogen and oxygen atoms in total. The quantitative estimate of drug-likeness (QED) is 0.540. The van der Waals surface area contributed by atoms with Crippen LogP contribution in [0.1, 0.15) is 69.1 Å². The number of anilines is 1. The Morgan fingerprint density at radius 1 is 1.28 bits per heavy atom. The van der Waals surface area contributed by atoms with Gasteiger partial charge in [0.05, 0.1) is 23.5 Å². The molecule has 7 rings (SSSR count). The van der Waals surface area contributed by atoms with Crippen molar-refractivity contribution in [3.8, 4) is 5.75 Å². The van der Waals surface area contributed by atoms with Crippen molar-refractivity contribution in [2.45, 2.75) is 70.1 Å². The molecule has 2 bridgehead atoms. The lowest BCUT2D eigenvalue weighted by molar-refractivity contribution is -0.0187. The number of halogens is 2. The summed E-state index contributed by atoms with van der Waals surface area (Å²) in [5.74, 6) is -0.277. The van der Waals surface area contributed by atoms with Crippen molar-refractivity contribution in [2.75, 3.05) is 11.9 Å². The van der Waals surface area contributed by atoms with Gasteiger partial charge < -0.3 is 19.2 Å². The Bertz CT molecular complexity index is 1440. The molecule has 190 valence electrons. The molecule has 5 heterocycles. The smallest absolute Gasteiger partial charge is 0.321 e. The van der Waals surface area contributed by atoms with E-state index in [2.05, 4.69) is 26.1 Å². The number of carbonyl (C=O) groups is 1. The van der Waals surface area contributed by atoms with Gasteiger partial charge in [-0.15, -0.1) is 0 Å². The van der Waals surface area contributed by atoms with Crippen LogP contribution in [0.4, 0.5) is 14.5 Å². The van der Waals surface area contributed by atoms with E-state index in [9.17, 15) is 18.4 Å². The van der Waals surface area contributed by atoms with E-state index in [0.29, 0.717) is 18.0 Å². The fourth-order valence-electron chi connectivity index (χ4n) is 5.85. The lowest BCUT2D eigenvalue weighted by Gasteiger charge is -2.44. The summed E-state index contributed by atoms with van der Waals surface area (Å²) in [6.07, 6.45) is 8.10. The summed E-state index contributed by atoms with van der Waals surface area (Å²) in [6.45, 7) is 3.93. The van der Waals surface area contributed by atoms with Gasteiger partial charge in [0, 0.05) is 35.5 Å². The molecular weight excluding hydrogens is 470 g/mol. The highest BCUT2D eigenvalue weighted by molar-refractivity contribution is 6.06. The fourth-order valence-corrected chi connectivity index (χ4v) is 5.85. The van der Waals surface area contributed by atoms with Crippen LogP contribution in [0.3, 0.4) is 0 Å². The molecule has 1 N–H and O–H groups in total. The molecule has 4 aliphatic rings. The molecule has 1 amide bonds. The van der Waals surface area contributed by atoms with Crippen molar-refractivity contribution in [3.05, 3.63) is 58.4 Å². The van der Waals surface area contributed by atoms with Crippen molar-refractivity contribution in [2.24, 2.45) is 5.41 Å². The molecule has 2 saturated carbocycles. The van der Waals surface area contributed by atoms with Gasteiger partial charge in [0.15, 0.2) is 0 Å². The number of rotatable bonds is 6. The van der Waals surface area contributed by atoms with E-state index < -0.39 is 18.0 Å². The average Bonchev–Trinajstić information content (AvgIpc) is 3.47. The maximum absolute atomic E-state index is 13.4. The van der Waals surface area contributed by atoms with E-state index in [4.69, 9.17) is 14.5 Å². The lowest BCUT2D eigenvalue weighted by Crippen LogP contribution is -2.45. The van der Waals surface area contributed by atoms with E-state index in [1.807, 2.05) is 6.20 Å². The van der Waals surface area contributed by atoms with Crippen LogP contribution in [0.2, 0.25) is 0 Å². The number of nitrogens with zero attached hydrogens (tertiary/aromatic N) is 3. The Labute approximate surface area is 206 Å². The number of aromatic nitrogens is 3. The molecule has 10 heteroatoms. The Balaban J connectivity index is 1.38. The molecule has 2 saturated heterocycles. The number of hydrogen-bond donors (Lipinski definition) is 1. The molecule has 36 heavy (non-hydrogen) atoms. The van der Waals surface area contributed by atoms with Crippen LogP contribution in [-0.2, 0) is 10.2 Å². The van der Waals surface area contributed by atoms with Gasteiger partial charge in [0.2, 0.25) is 0 Å². The first kappa shape index (κ1) is 23.1. The minimum absolute atomic E-state index is 0.0403. The largest absolute Gasteiger partial charge is 0.489 e. The minimum Gasteiger partial charge on any atom is -0.489 e. The van der Waals surface area contributed by atoms with Crippen molar-refractivity contribution >= 4 is 17.2 Å². The number of alkyl halides is 2. The first-order valence-electron chi connectivity index (χ1n) is 12.1. The highest BCUT2D eigenvalue weighted by Gasteiger charge is 2.61. The zero-order chi connectivity index (χ0) is 25.5. The minimum atomic E-state index is -3.01. The summed E-state index contributed by atoms with van der Waals surface area (Å²) in [7, 11) is 0. The molecular formula is C26H28F2N4O4. The normalized spacial score (nSPS) is 28.1. The van der Waals surface area contributed by atoms with Crippen LogP contribution in [0.5, 0.6) is 5.75 Å². The Morgan fingerprint density at radius 2 is 2.06 bits per heavy atom. The zero-order valence-corrected chi connectivity index (χ0v) is 20.4. The van der Waals surface area contributed by atoms with Crippen molar-refractivity contribution in [3.63, 3.8) is 0 Å². The predicted molar refractivity (Wildman–Crippen MR) is 128 cm³/mol. The van der Waals surface area contributed by atoms with Crippen LogP contribution in [0, 0.1) is 5.41 Å². The summed E-state index contributed by atoms with van der Waals surface area (Å²) in [5, 5.41) is 2.50. The summed E-state index contributed by atoms with van der Waals surface area (Å²) in [5.41, 5.74) is 0.274. The monoisotopic (exact) mass is 498 g/mol. The van der Waals surface area contributed by atoms with Crippen LogP contribution in [0.15, 0.2) is 41.6 Å². The maximum Gasteiger partial charge on any atom is 0.321 e. The Morgan fingerprint density at radius 3 is 2.67 bits per heavy atom. The molecule has 1 atom stereocenters. The summed E-state index contributed by atoms with van der Waals surface area (Å²) < 4.78 is 40.6. The lowest BCUT2D eigenvalue weighted by atomic mass is 9.62. The van der Waals surface area contributed by atoms with Crippen molar-refractivity contribution in [1.82, 2.24) is 14.0 Å². The van der Waals surface area contributed by atoms with Crippen LogP contribution < -0.4 is 15.6 Å². The van der Waals surface area contributed by atoms with Crippen LogP contribution >= 0.6 is 0 Å². The van der Waals surface area contributed by atoms with Crippen LogP contribution in [0.25, 0.3) is 5.65 Å². The molecule has 3 aromatic heterocycles. The second-order valence-electron chi connectivity index (χ2n) is 11.3. The number of ether oxygens (including phenoxy) is 2. The molecule has 2 aliphatic heterocycles. The Kier molecular flexibility index (Phi) is 4.90. The van der Waals surface area contributed by atoms with Crippen molar-refractivity contribution in [1.29, 1.82) is 0 Å². The fraction of sp³-hybridized carbons (Fsp3) is 0.500. The highest BCUT2D eigenvalue weighted by Crippen LogP contribution is 2.58. The van der Waals surface area contributed by atoms with E-state index >= 15 is 0 Å². The number of fused-ring (bicyclic) bond motifs is 2. The third kappa shape index (κ3) is 3.53. The molecule has 4 fully saturated rings. The number of amides is 1. The van der Waals surface area contributed by atoms with Gasteiger partial charge in [0.25, 0.3) is 11.5 Å². The number of carbonyl (C=O) groups excluding carboxylic acids is 1. The third-order valence-electron chi connectivity index (χ3n) is 8.09. The van der Waals surface area contributed by atoms with E-state index in [1.165, 1.54) is 12.1 Å². The second kappa shape index (κ2) is 7.61. The van der Waals surface area contributed by atoms with Gasteiger partial charge in [0.1, 0.15) is 23.2 Å². The maximum atomic E-state index is 13.4. The topological polar surface area (TPSA) is 86.9 Å². The molecule has 3 aromatic rings. The van der Waals surface area contributed by atoms with E-state index in [-0.39, 0.29) is 38.4 Å². The van der Waals surface area contributed by atoms with Gasteiger partial charge in [-0.1, -0.05) is 13.8 Å². The predicted octanol–water partition coefficient (Wildman–Crippen LogP) is 4.53. The number of imidazole rings is 1. The highest BCUT2D eigenvalue weighted by atomic mass is 19.3. The van der Waals surface area contributed by atoms with Gasteiger partial charge in [-0.25, -0.2) is 4.98 Å². The van der Waals surface area contributed by atoms with Gasteiger partial charge >= 0.3 is 6.55 Å². The van der Waals surface area contributed by atoms with Gasteiger partial charge in [-0.05, 0) is 44.7 Å².